The van der Waals surface area contributed by atoms with Gasteiger partial charge in [-0.15, -0.1) is 0 Å². The normalized spacial score (nSPS) is 10.9. The highest BCUT2D eigenvalue weighted by molar-refractivity contribution is 5.84. The molecule has 7 heteroatoms. The van der Waals surface area contributed by atoms with Gasteiger partial charge >= 0.3 is 12.0 Å². The van der Waals surface area contributed by atoms with E-state index in [1.165, 1.54) is 7.11 Å². The number of ether oxygens (including phenoxy) is 1. The van der Waals surface area contributed by atoms with Crippen LogP contribution in [0.15, 0.2) is 35.4 Å². The summed E-state index contributed by atoms with van der Waals surface area (Å²) in [5.74, 6) is -0.597. The fraction of sp³-hybridized carbons (Fsp3) is 0.273. The fourth-order valence-electron chi connectivity index (χ4n) is 1.40. The van der Waals surface area contributed by atoms with Crippen molar-refractivity contribution in [2.24, 2.45) is 5.11 Å². The molecule has 0 bridgehead atoms. The molecule has 0 unspecified atom stereocenters. The lowest BCUT2D eigenvalue weighted by Gasteiger charge is -2.14. The van der Waals surface area contributed by atoms with Crippen LogP contribution in [-0.4, -0.2) is 25.2 Å². The van der Waals surface area contributed by atoms with Crippen LogP contribution in [0.4, 0.5) is 4.79 Å². The van der Waals surface area contributed by atoms with Gasteiger partial charge in [-0.1, -0.05) is 30.3 Å². The van der Waals surface area contributed by atoms with Crippen molar-refractivity contribution in [2.45, 2.75) is 12.5 Å². The summed E-state index contributed by atoms with van der Waals surface area (Å²) in [7, 11) is 1.22. The Morgan fingerprint density at radius 3 is 2.67 bits per heavy atom. The molecule has 0 fully saturated rings. The second-order valence-electron chi connectivity index (χ2n) is 3.40. The Labute approximate surface area is 103 Å². The highest BCUT2D eigenvalue weighted by Crippen LogP contribution is 2.04. The van der Waals surface area contributed by atoms with Crippen LogP contribution in [0.25, 0.3) is 10.4 Å². The summed E-state index contributed by atoms with van der Waals surface area (Å²) in [6.07, 6.45) is 0.264. The number of azide groups is 1. The van der Waals surface area contributed by atoms with Crippen LogP contribution < -0.4 is 5.32 Å². The molecule has 0 aliphatic heterocycles. The van der Waals surface area contributed by atoms with Crippen LogP contribution in [0.5, 0.6) is 0 Å². The number of carbonyl (C=O) groups is 2. The van der Waals surface area contributed by atoms with Crippen LogP contribution in [0.1, 0.15) is 5.56 Å². The van der Waals surface area contributed by atoms with Crippen molar-refractivity contribution in [3.63, 3.8) is 0 Å². The average Bonchev–Trinajstić information content (AvgIpc) is 2.38. The molecule has 7 nitrogen and oxygen atoms in total. The Morgan fingerprint density at radius 1 is 1.44 bits per heavy atom. The number of rotatable bonds is 4. The molecule has 0 spiro atoms. The molecule has 1 aromatic carbocycles. The second-order valence-corrected chi connectivity index (χ2v) is 3.40. The third-order valence-electron chi connectivity index (χ3n) is 2.20. The van der Waals surface area contributed by atoms with Crippen molar-refractivity contribution in [1.82, 2.24) is 5.32 Å². The summed E-state index contributed by atoms with van der Waals surface area (Å²) in [6, 6.07) is 7.32. The first-order valence-electron chi connectivity index (χ1n) is 5.14. The number of nitrogens with zero attached hydrogens (tertiary/aromatic N) is 3. The van der Waals surface area contributed by atoms with Gasteiger partial charge in [-0.2, -0.15) is 0 Å². The molecule has 0 radical (unpaired) electrons. The second kappa shape index (κ2) is 6.93. The molecule has 1 N–H and O–H groups in total. The molecular formula is C11H12N4O3. The van der Waals surface area contributed by atoms with E-state index in [1.54, 1.807) is 0 Å². The van der Waals surface area contributed by atoms with Crippen molar-refractivity contribution >= 4 is 12.0 Å². The number of hydrogen-bond acceptors (Lipinski definition) is 3. The summed E-state index contributed by atoms with van der Waals surface area (Å²) in [6.45, 7) is 0. The van der Waals surface area contributed by atoms with Crippen LogP contribution in [0, 0.1) is 0 Å². The van der Waals surface area contributed by atoms with Crippen LogP contribution in [0.2, 0.25) is 0 Å². The quantitative estimate of drug-likeness (QED) is 0.380. The molecular weight excluding hydrogens is 236 g/mol. The van der Waals surface area contributed by atoms with Crippen molar-refractivity contribution < 1.29 is 14.3 Å². The molecule has 0 aromatic heterocycles. The fourth-order valence-corrected chi connectivity index (χ4v) is 1.40. The SMILES string of the molecule is COC(=O)[C@@H](Cc1ccccc1)NC(=O)N=[N+]=[N-]. The summed E-state index contributed by atoms with van der Waals surface area (Å²) < 4.78 is 4.58. The minimum absolute atomic E-state index is 0.264. The van der Waals surface area contributed by atoms with Gasteiger partial charge in [-0.05, 0) is 11.1 Å². The Bertz CT molecular complexity index is 468. The number of methoxy groups -OCH3 is 1. The summed E-state index contributed by atoms with van der Waals surface area (Å²) in [4.78, 5) is 25.0. The highest BCUT2D eigenvalue weighted by atomic mass is 16.5. The molecule has 0 aliphatic rings. The maximum Gasteiger partial charge on any atom is 0.328 e. The van der Waals surface area contributed by atoms with Crippen molar-refractivity contribution in [3.05, 3.63) is 46.3 Å². The van der Waals surface area contributed by atoms with E-state index in [4.69, 9.17) is 5.53 Å². The third-order valence-corrected chi connectivity index (χ3v) is 2.20. The van der Waals surface area contributed by atoms with Gasteiger partial charge in [0, 0.05) is 16.4 Å². The van der Waals surface area contributed by atoms with E-state index >= 15 is 0 Å². The first-order chi connectivity index (χ1) is 8.67. The summed E-state index contributed by atoms with van der Waals surface area (Å²) in [5.41, 5.74) is 8.97. The lowest BCUT2D eigenvalue weighted by atomic mass is 10.1. The number of hydrogen-bond donors (Lipinski definition) is 1. The molecule has 0 saturated carbocycles. The molecule has 1 aromatic rings. The van der Waals surface area contributed by atoms with E-state index in [9.17, 15) is 9.59 Å². The zero-order valence-electron chi connectivity index (χ0n) is 9.74. The van der Waals surface area contributed by atoms with Gasteiger partial charge in [0.05, 0.1) is 7.11 Å². The Hall–Kier alpha value is -2.53. The number of carbonyl (C=O) groups excluding carboxylic acids is 2. The van der Waals surface area contributed by atoms with Crippen molar-refractivity contribution in [3.8, 4) is 0 Å². The molecule has 0 heterocycles. The van der Waals surface area contributed by atoms with Crippen LogP contribution in [-0.2, 0) is 16.0 Å². The lowest BCUT2D eigenvalue weighted by Crippen LogP contribution is -2.41. The van der Waals surface area contributed by atoms with Crippen LogP contribution >= 0.6 is 0 Å². The van der Waals surface area contributed by atoms with E-state index in [1.807, 2.05) is 30.3 Å². The number of esters is 1. The molecule has 1 rings (SSSR count). The predicted molar refractivity (Wildman–Crippen MR) is 63.6 cm³/mol. The lowest BCUT2D eigenvalue weighted by molar-refractivity contribution is -0.142. The van der Waals surface area contributed by atoms with E-state index in [-0.39, 0.29) is 6.42 Å². The van der Waals surface area contributed by atoms with Crippen molar-refractivity contribution in [2.75, 3.05) is 7.11 Å². The van der Waals surface area contributed by atoms with E-state index in [0.29, 0.717) is 0 Å². The van der Waals surface area contributed by atoms with Gasteiger partial charge < -0.3 is 10.1 Å². The number of urea groups is 1. The van der Waals surface area contributed by atoms with Gasteiger partial charge in [-0.3, -0.25) is 4.79 Å². The minimum atomic E-state index is -0.913. The number of nitrogens with one attached hydrogen (secondary N) is 1. The predicted octanol–water partition coefficient (Wildman–Crippen LogP) is 1.79. The monoisotopic (exact) mass is 248 g/mol. The number of benzene rings is 1. The van der Waals surface area contributed by atoms with Gasteiger partial charge in [0.1, 0.15) is 6.04 Å². The van der Waals surface area contributed by atoms with Gasteiger partial charge in [-0.25, -0.2) is 4.79 Å². The molecule has 2 amide bonds. The van der Waals surface area contributed by atoms with Gasteiger partial charge in [0.2, 0.25) is 0 Å². The Morgan fingerprint density at radius 2 is 2.11 bits per heavy atom. The molecule has 0 saturated heterocycles. The van der Waals surface area contributed by atoms with E-state index in [2.05, 4.69) is 20.1 Å². The van der Waals surface area contributed by atoms with Crippen molar-refractivity contribution in [1.29, 1.82) is 0 Å². The largest absolute Gasteiger partial charge is 0.467 e. The summed E-state index contributed by atoms with van der Waals surface area (Å²) in [5, 5.41) is 5.13. The average molecular weight is 248 g/mol. The molecule has 18 heavy (non-hydrogen) atoms. The third kappa shape index (κ3) is 4.15. The zero-order valence-corrected chi connectivity index (χ0v) is 9.74. The number of amides is 2. The molecule has 94 valence electrons. The first-order valence-corrected chi connectivity index (χ1v) is 5.14. The van der Waals surface area contributed by atoms with Crippen LogP contribution in [0.3, 0.4) is 0 Å². The van der Waals surface area contributed by atoms with Gasteiger partial charge in [0.25, 0.3) is 0 Å². The summed E-state index contributed by atoms with van der Waals surface area (Å²) >= 11 is 0. The first kappa shape index (κ1) is 13.5. The van der Waals surface area contributed by atoms with Gasteiger partial charge in [0.15, 0.2) is 0 Å². The minimum Gasteiger partial charge on any atom is -0.467 e. The van der Waals surface area contributed by atoms with E-state index < -0.39 is 18.0 Å². The standard InChI is InChI=1S/C11H12N4O3/c1-18-10(16)9(13-11(17)14-15-12)7-8-5-3-2-4-6-8/h2-6,9H,7H2,1H3,(H,13,17)/t9-/m1/s1. The Balaban J connectivity index is 2.76. The zero-order chi connectivity index (χ0) is 13.4. The maximum atomic E-state index is 11.5. The Kier molecular flexibility index (Phi) is 5.21. The molecule has 1 atom stereocenters. The maximum absolute atomic E-state index is 11.5. The highest BCUT2D eigenvalue weighted by Gasteiger charge is 2.21. The molecule has 0 aliphatic carbocycles. The van der Waals surface area contributed by atoms with E-state index in [0.717, 1.165) is 5.56 Å². The topological polar surface area (TPSA) is 104 Å². The smallest absolute Gasteiger partial charge is 0.328 e.